The Balaban J connectivity index is 1.90. The highest BCUT2D eigenvalue weighted by molar-refractivity contribution is 7.09. The van der Waals surface area contributed by atoms with Gasteiger partial charge in [0.25, 0.3) is 0 Å². The normalized spacial score (nSPS) is 10.5. The summed E-state index contributed by atoms with van der Waals surface area (Å²) in [7, 11) is 0. The lowest BCUT2D eigenvalue weighted by Gasteiger charge is -2.08. The van der Waals surface area contributed by atoms with Crippen LogP contribution in [0.5, 0.6) is 11.6 Å². The average Bonchev–Trinajstić information content (AvgIpc) is 2.89. The number of nitrogens with zero attached hydrogens (tertiary/aromatic N) is 2. The quantitative estimate of drug-likeness (QED) is 0.703. The van der Waals surface area contributed by atoms with Gasteiger partial charge >= 0.3 is 0 Å². The number of pyridine rings is 1. The van der Waals surface area contributed by atoms with Crippen molar-refractivity contribution in [2.45, 2.75) is 13.8 Å². The van der Waals surface area contributed by atoms with Gasteiger partial charge in [-0.05, 0) is 31.5 Å². The molecule has 0 saturated heterocycles. The van der Waals surface area contributed by atoms with E-state index < -0.39 is 0 Å². The summed E-state index contributed by atoms with van der Waals surface area (Å²) < 4.78 is 5.84. The molecule has 0 N–H and O–H groups in total. The van der Waals surface area contributed by atoms with Gasteiger partial charge < -0.3 is 4.74 Å². The molecule has 0 spiro atoms. The third-order valence-corrected chi connectivity index (χ3v) is 3.69. The molecule has 0 aliphatic heterocycles. The number of rotatable bonds is 3. The van der Waals surface area contributed by atoms with Gasteiger partial charge in [-0.2, -0.15) is 0 Å². The molecular weight excluding hydrogens is 268 g/mol. The summed E-state index contributed by atoms with van der Waals surface area (Å²) in [5.41, 5.74) is 2.81. The van der Waals surface area contributed by atoms with Gasteiger partial charge in [0.1, 0.15) is 5.75 Å². The number of benzene rings is 1. The lowest BCUT2D eigenvalue weighted by molar-refractivity contribution is 0.460. The maximum atomic E-state index is 5.84. The zero-order valence-corrected chi connectivity index (χ0v) is 12.1. The molecule has 2 aromatic heterocycles. The van der Waals surface area contributed by atoms with Crippen molar-refractivity contribution >= 4 is 11.3 Å². The summed E-state index contributed by atoms with van der Waals surface area (Å²) in [5.74, 6) is 1.41. The van der Waals surface area contributed by atoms with Gasteiger partial charge in [-0.3, -0.25) is 0 Å². The second kappa shape index (κ2) is 5.43. The van der Waals surface area contributed by atoms with E-state index >= 15 is 0 Å². The molecule has 1 aromatic carbocycles. The monoisotopic (exact) mass is 282 g/mol. The van der Waals surface area contributed by atoms with E-state index in [0.29, 0.717) is 5.88 Å². The Bertz CT molecular complexity index is 737. The molecular formula is C16H14N2OS. The first kappa shape index (κ1) is 12.8. The predicted octanol–water partition coefficient (Wildman–Crippen LogP) is 4.61. The van der Waals surface area contributed by atoms with Crippen LogP contribution in [0.25, 0.3) is 11.4 Å². The molecule has 0 fully saturated rings. The van der Waals surface area contributed by atoms with Crippen LogP contribution in [0, 0.1) is 13.8 Å². The Morgan fingerprint density at radius 3 is 2.50 bits per heavy atom. The van der Waals surface area contributed by atoms with Crippen molar-refractivity contribution < 1.29 is 4.74 Å². The van der Waals surface area contributed by atoms with Gasteiger partial charge in [-0.25, -0.2) is 9.97 Å². The van der Waals surface area contributed by atoms with Crippen LogP contribution in [0.4, 0.5) is 0 Å². The minimum Gasteiger partial charge on any atom is -0.439 e. The summed E-state index contributed by atoms with van der Waals surface area (Å²) in [4.78, 5) is 8.96. The van der Waals surface area contributed by atoms with E-state index in [1.165, 1.54) is 0 Å². The molecule has 3 nitrogen and oxygen atoms in total. The topological polar surface area (TPSA) is 35.0 Å². The van der Waals surface area contributed by atoms with E-state index in [9.17, 15) is 0 Å². The van der Waals surface area contributed by atoms with Gasteiger partial charge in [0.2, 0.25) is 5.88 Å². The van der Waals surface area contributed by atoms with Crippen LogP contribution < -0.4 is 4.74 Å². The first-order chi connectivity index (χ1) is 9.72. The molecule has 0 bridgehead atoms. The van der Waals surface area contributed by atoms with Crippen LogP contribution in [0.3, 0.4) is 0 Å². The maximum Gasteiger partial charge on any atom is 0.219 e. The van der Waals surface area contributed by atoms with E-state index in [4.69, 9.17) is 4.74 Å². The van der Waals surface area contributed by atoms with Crippen LogP contribution in [0.2, 0.25) is 0 Å². The minimum absolute atomic E-state index is 0.586. The number of ether oxygens (including phenoxy) is 1. The Morgan fingerprint density at radius 1 is 0.900 bits per heavy atom. The number of para-hydroxylation sites is 1. The molecule has 3 rings (SSSR count). The van der Waals surface area contributed by atoms with E-state index in [1.807, 2.05) is 61.7 Å². The lowest BCUT2D eigenvalue weighted by atomic mass is 10.2. The zero-order chi connectivity index (χ0) is 13.9. The van der Waals surface area contributed by atoms with Crippen molar-refractivity contribution in [1.82, 2.24) is 9.97 Å². The van der Waals surface area contributed by atoms with Crippen molar-refractivity contribution in [3.63, 3.8) is 0 Å². The highest BCUT2D eigenvalue weighted by atomic mass is 32.1. The largest absolute Gasteiger partial charge is 0.439 e. The highest BCUT2D eigenvalue weighted by Crippen LogP contribution is 2.26. The minimum atomic E-state index is 0.586. The van der Waals surface area contributed by atoms with Gasteiger partial charge in [-0.1, -0.05) is 24.3 Å². The van der Waals surface area contributed by atoms with Crippen LogP contribution in [-0.4, -0.2) is 9.97 Å². The number of hydrogen-bond acceptors (Lipinski definition) is 4. The molecule has 0 atom stereocenters. The SMILES string of the molecule is Cc1nc(-c2cccc(Oc3ccccc3C)n2)cs1. The second-order valence-electron chi connectivity index (χ2n) is 4.48. The van der Waals surface area contributed by atoms with Crippen LogP contribution in [0.1, 0.15) is 10.6 Å². The van der Waals surface area contributed by atoms with Crippen LogP contribution in [-0.2, 0) is 0 Å². The van der Waals surface area contributed by atoms with Crippen molar-refractivity contribution in [3.8, 4) is 23.0 Å². The predicted molar refractivity (Wildman–Crippen MR) is 81.3 cm³/mol. The van der Waals surface area contributed by atoms with Crippen LogP contribution in [0.15, 0.2) is 47.8 Å². The van der Waals surface area contributed by atoms with E-state index in [2.05, 4.69) is 9.97 Å². The third kappa shape index (κ3) is 2.70. The first-order valence-electron chi connectivity index (χ1n) is 6.35. The molecule has 4 heteroatoms. The molecule has 2 heterocycles. The van der Waals surface area contributed by atoms with Gasteiger partial charge in [-0.15, -0.1) is 11.3 Å². The number of aryl methyl sites for hydroxylation is 2. The summed E-state index contributed by atoms with van der Waals surface area (Å²) >= 11 is 1.62. The summed E-state index contributed by atoms with van der Waals surface area (Å²) in [6, 6.07) is 13.6. The first-order valence-corrected chi connectivity index (χ1v) is 7.23. The number of thiazole rings is 1. The summed E-state index contributed by atoms with van der Waals surface area (Å²) in [6.07, 6.45) is 0. The summed E-state index contributed by atoms with van der Waals surface area (Å²) in [5, 5.41) is 3.04. The number of aromatic nitrogens is 2. The fourth-order valence-electron chi connectivity index (χ4n) is 1.88. The second-order valence-corrected chi connectivity index (χ2v) is 5.54. The Labute approximate surface area is 121 Å². The van der Waals surface area contributed by atoms with E-state index in [-0.39, 0.29) is 0 Å². The van der Waals surface area contributed by atoms with Crippen molar-refractivity contribution in [3.05, 3.63) is 58.4 Å². The van der Waals surface area contributed by atoms with Crippen molar-refractivity contribution in [1.29, 1.82) is 0 Å². The Morgan fingerprint density at radius 2 is 1.75 bits per heavy atom. The molecule has 0 radical (unpaired) electrons. The fourth-order valence-corrected chi connectivity index (χ4v) is 2.49. The highest BCUT2D eigenvalue weighted by Gasteiger charge is 2.06. The van der Waals surface area contributed by atoms with Crippen molar-refractivity contribution in [2.75, 3.05) is 0 Å². The van der Waals surface area contributed by atoms with Crippen molar-refractivity contribution in [2.24, 2.45) is 0 Å². The molecule has 100 valence electrons. The van der Waals surface area contributed by atoms with E-state index in [0.717, 1.165) is 27.7 Å². The van der Waals surface area contributed by atoms with Gasteiger partial charge in [0.05, 0.1) is 16.4 Å². The smallest absolute Gasteiger partial charge is 0.219 e. The molecule has 0 unspecified atom stereocenters. The molecule has 0 amide bonds. The molecule has 0 saturated carbocycles. The molecule has 20 heavy (non-hydrogen) atoms. The van der Waals surface area contributed by atoms with E-state index in [1.54, 1.807) is 11.3 Å². The maximum absolute atomic E-state index is 5.84. The zero-order valence-electron chi connectivity index (χ0n) is 11.3. The average molecular weight is 282 g/mol. The standard InChI is InChI=1S/C16H14N2OS/c1-11-6-3-4-8-15(11)19-16-9-5-7-13(18-16)14-10-20-12(2)17-14/h3-10H,1-2H3. The summed E-state index contributed by atoms with van der Waals surface area (Å²) in [6.45, 7) is 4.00. The third-order valence-electron chi connectivity index (χ3n) is 2.91. The Kier molecular flexibility index (Phi) is 3.48. The van der Waals surface area contributed by atoms with Gasteiger partial charge in [0.15, 0.2) is 0 Å². The number of hydrogen-bond donors (Lipinski definition) is 0. The molecule has 0 aliphatic carbocycles. The van der Waals surface area contributed by atoms with Crippen LogP contribution >= 0.6 is 11.3 Å². The lowest BCUT2D eigenvalue weighted by Crippen LogP contribution is -1.92. The molecule has 0 aliphatic rings. The van der Waals surface area contributed by atoms with Gasteiger partial charge in [0, 0.05) is 11.4 Å². The fraction of sp³-hybridized carbons (Fsp3) is 0.125. The molecule has 3 aromatic rings. The Hall–Kier alpha value is -2.20.